The van der Waals surface area contributed by atoms with E-state index in [0.717, 1.165) is 11.3 Å². The van der Waals surface area contributed by atoms with Crippen LogP contribution in [0.3, 0.4) is 0 Å². The zero-order valence-electron chi connectivity index (χ0n) is 16.2. The summed E-state index contributed by atoms with van der Waals surface area (Å²) >= 11 is 0. The Bertz CT molecular complexity index is 800. The summed E-state index contributed by atoms with van der Waals surface area (Å²) in [5.74, 6) is 0.313. The van der Waals surface area contributed by atoms with Gasteiger partial charge in [0, 0.05) is 12.1 Å². The molecule has 0 aromatic heterocycles. The second-order valence-electron chi connectivity index (χ2n) is 6.21. The van der Waals surface area contributed by atoms with Gasteiger partial charge in [0.25, 0.3) is 5.91 Å². The summed E-state index contributed by atoms with van der Waals surface area (Å²) in [6.45, 7) is -2.63. The third-order valence-corrected chi connectivity index (χ3v) is 4.20. The van der Waals surface area contributed by atoms with Crippen molar-refractivity contribution in [3.8, 4) is 17.2 Å². The highest BCUT2D eigenvalue weighted by Gasteiger charge is 2.18. The number of likely N-dealkylation sites (N-methyl/N-ethyl adjacent to an activating group) is 1. The molecule has 152 valence electrons. The number of nitrogens with one attached hydrogen (secondary N) is 1. The van der Waals surface area contributed by atoms with Gasteiger partial charge in [0.05, 0.1) is 20.3 Å². The summed E-state index contributed by atoms with van der Waals surface area (Å²) in [5, 5.41) is 2.86. The Morgan fingerprint density at radius 2 is 1.82 bits per heavy atom. The van der Waals surface area contributed by atoms with Crippen molar-refractivity contribution in [3.63, 3.8) is 0 Å². The predicted octanol–water partition coefficient (Wildman–Crippen LogP) is 3.34. The summed E-state index contributed by atoms with van der Waals surface area (Å²) < 4.78 is 39.5. The van der Waals surface area contributed by atoms with E-state index in [9.17, 15) is 13.6 Å². The monoisotopic (exact) mass is 394 g/mol. The van der Waals surface area contributed by atoms with E-state index >= 15 is 0 Å². The van der Waals surface area contributed by atoms with Gasteiger partial charge in [-0.25, -0.2) is 0 Å². The van der Waals surface area contributed by atoms with E-state index in [1.54, 1.807) is 7.11 Å². The van der Waals surface area contributed by atoms with Crippen LogP contribution in [0.25, 0.3) is 0 Å². The zero-order chi connectivity index (χ0) is 20.7. The first kappa shape index (κ1) is 21.4. The number of hydrogen-bond donors (Lipinski definition) is 1. The highest BCUT2D eigenvalue weighted by Crippen LogP contribution is 2.29. The first-order chi connectivity index (χ1) is 13.3. The van der Waals surface area contributed by atoms with Crippen molar-refractivity contribution in [2.75, 3.05) is 34.9 Å². The Morgan fingerprint density at radius 1 is 1.07 bits per heavy atom. The quantitative estimate of drug-likeness (QED) is 0.707. The average molecular weight is 394 g/mol. The normalized spacial score (nSPS) is 12.0. The summed E-state index contributed by atoms with van der Waals surface area (Å²) in [5.41, 5.74) is 1.27. The second-order valence-corrected chi connectivity index (χ2v) is 6.21. The van der Waals surface area contributed by atoms with Crippen LogP contribution in [0.1, 0.15) is 22.0 Å². The third-order valence-electron chi connectivity index (χ3n) is 4.20. The molecule has 0 saturated heterocycles. The molecule has 6 nitrogen and oxygen atoms in total. The van der Waals surface area contributed by atoms with Crippen LogP contribution in [-0.2, 0) is 0 Å². The molecule has 1 amide bonds. The average Bonchev–Trinajstić information content (AvgIpc) is 2.67. The number of hydrogen-bond acceptors (Lipinski definition) is 5. The van der Waals surface area contributed by atoms with Crippen LogP contribution in [0.2, 0.25) is 0 Å². The molecule has 1 atom stereocenters. The highest BCUT2D eigenvalue weighted by molar-refractivity contribution is 5.94. The number of amides is 1. The molecule has 0 aliphatic carbocycles. The minimum Gasteiger partial charge on any atom is -0.497 e. The van der Waals surface area contributed by atoms with Crippen molar-refractivity contribution in [2.24, 2.45) is 0 Å². The van der Waals surface area contributed by atoms with Crippen LogP contribution < -0.4 is 19.5 Å². The molecule has 0 fully saturated rings. The minimum absolute atomic E-state index is 0.0601. The van der Waals surface area contributed by atoms with E-state index in [-0.39, 0.29) is 29.0 Å². The second kappa shape index (κ2) is 9.89. The van der Waals surface area contributed by atoms with E-state index in [0.29, 0.717) is 6.54 Å². The molecule has 0 saturated carbocycles. The number of methoxy groups -OCH3 is 2. The standard InChI is InChI=1S/C20H24F2N2O4/c1-24(2)16(13-6-5-7-15(10-13)26-3)12-23-19(25)14-8-9-17(28-20(21)22)18(11-14)27-4/h5-11,16,20H,12H2,1-4H3,(H,23,25). The number of ether oxygens (including phenoxy) is 3. The topological polar surface area (TPSA) is 60.0 Å². The lowest BCUT2D eigenvalue weighted by atomic mass is 10.1. The number of rotatable bonds is 9. The minimum atomic E-state index is -2.97. The van der Waals surface area contributed by atoms with E-state index in [1.165, 1.54) is 25.3 Å². The molecule has 2 aromatic rings. The lowest BCUT2D eigenvalue weighted by Crippen LogP contribution is -2.34. The van der Waals surface area contributed by atoms with E-state index < -0.39 is 6.61 Å². The molecule has 1 unspecified atom stereocenters. The lowest BCUT2D eigenvalue weighted by Gasteiger charge is -2.25. The molecule has 0 spiro atoms. The van der Waals surface area contributed by atoms with Crippen molar-refractivity contribution < 1.29 is 27.8 Å². The maximum atomic E-state index is 12.5. The largest absolute Gasteiger partial charge is 0.497 e. The van der Waals surface area contributed by atoms with Crippen LogP contribution >= 0.6 is 0 Å². The Balaban J connectivity index is 2.12. The van der Waals surface area contributed by atoms with Crippen molar-refractivity contribution in [2.45, 2.75) is 12.7 Å². The van der Waals surface area contributed by atoms with Crippen LogP contribution in [0.4, 0.5) is 8.78 Å². The number of alkyl halides is 2. The Morgan fingerprint density at radius 3 is 2.43 bits per heavy atom. The van der Waals surface area contributed by atoms with Gasteiger partial charge in [-0.1, -0.05) is 12.1 Å². The van der Waals surface area contributed by atoms with Crippen molar-refractivity contribution in [3.05, 3.63) is 53.6 Å². The fraction of sp³-hybridized carbons (Fsp3) is 0.350. The Hall–Kier alpha value is -2.87. The molecule has 0 aliphatic rings. The van der Waals surface area contributed by atoms with E-state index in [4.69, 9.17) is 9.47 Å². The summed E-state index contributed by atoms with van der Waals surface area (Å²) in [4.78, 5) is 14.5. The molecule has 0 radical (unpaired) electrons. The summed E-state index contributed by atoms with van der Waals surface area (Å²) in [7, 11) is 6.74. The number of halogens is 2. The Kier molecular flexibility index (Phi) is 7.57. The van der Waals surface area contributed by atoms with Gasteiger partial charge in [-0.3, -0.25) is 4.79 Å². The number of benzene rings is 2. The maximum Gasteiger partial charge on any atom is 0.387 e. The lowest BCUT2D eigenvalue weighted by molar-refractivity contribution is -0.0512. The number of carbonyl (C=O) groups is 1. The fourth-order valence-electron chi connectivity index (χ4n) is 2.74. The number of nitrogens with zero attached hydrogens (tertiary/aromatic N) is 1. The molecular weight excluding hydrogens is 370 g/mol. The summed E-state index contributed by atoms with van der Waals surface area (Å²) in [6, 6.07) is 11.6. The molecular formula is C20H24F2N2O4. The molecule has 0 bridgehead atoms. The van der Waals surface area contributed by atoms with Gasteiger partial charge in [0.15, 0.2) is 11.5 Å². The van der Waals surface area contributed by atoms with Gasteiger partial charge in [0.2, 0.25) is 0 Å². The van der Waals surface area contributed by atoms with Crippen molar-refractivity contribution >= 4 is 5.91 Å². The van der Waals surface area contributed by atoms with E-state index in [1.807, 2.05) is 43.3 Å². The Labute approximate surface area is 163 Å². The van der Waals surface area contributed by atoms with Crippen LogP contribution in [0.15, 0.2) is 42.5 Å². The zero-order valence-corrected chi connectivity index (χ0v) is 16.2. The third kappa shape index (κ3) is 5.56. The predicted molar refractivity (Wildman–Crippen MR) is 101 cm³/mol. The molecule has 1 N–H and O–H groups in total. The molecule has 8 heteroatoms. The number of carbonyl (C=O) groups excluding carboxylic acids is 1. The van der Waals surface area contributed by atoms with Crippen LogP contribution in [0, 0.1) is 0 Å². The smallest absolute Gasteiger partial charge is 0.387 e. The molecule has 2 rings (SSSR count). The first-order valence-electron chi connectivity index (χ1n) is 8.57. The van der Waals surface area contributed by atoms with Crippen molar-refractivity contribution in [1.29, 1.82) is 0 Å². The molecule has 0 heterocycles. The maximum absolute atomic E-state index is 12.5. The summed E-state index contributed by atoms with van der Waals surface area (Å²) in [6.07, 6.45) is 0. The van der Waals surface area contributed by atoms with Gasteiger partial charge in [-0.2, -0.15) is 8.78 Å². The SMILES string of the molecule is COc1cccc(C(CNC(=O)c2ccc(OC(F)F)c(OC)c2)N(C)C)c1. The highest BCUT2D eigenvalue weighted by atomic mass is 19.3. The van der Waals surface area contributed by atoms with Gasteiger partial charge in [-0.05, 0) is 50.0 Å². The van der Waals surface area contributed by atoms with Gasteiger partial charge in [-0.15, -0.1) is 0 Å². The van der Waals surface area contributed by atoms with Gasteiger partial charge in [0.1, 0.15) is 5.75 Å². The van der Waals surface area contributed by atoms with Crippen molar-refractivity contribution in [1.82, 2.24) is 10.2 Å². The van der Waals surface area contributed by atoms with Gasteiger partial charge < -0.3 is 24.4 Å². The van der Waals surface area contributed by atoms with Gasteiger partial charge >= 0.3 is 6.61 Å². The van der Waals surface area contributed by atoms with Crippen LogP contribution in [0.5, 0.6) is 17.2 Å². The van der Waals surface area contributed by atoms with E-state index in [2.05, 4.69) is 10.1 Å². The van der Waals surface area contributed by atoms with Crippen LogP contribution in [-0.4, -0.2) is 52.3 Å². The molecule has 2 aromatic carbocycles. The molecule has 0 aliphatic heterocycles. The molecule has 28 heavy (non-hydrogen) atoms. The first-order valence-corrected chi connectivity index (χ1v) is 8.57. The fourth-order valence-corrected chi connectivity index (χ4v) is 2.74.